The molecule has 0 radical (unpaired) electrons. The van der Waals surface area contributed by atoms with E-state index in [1.165, 1.54) is 7.11 Å². The minimum Gasteiger partial charge on any atom is -0.496 e. The van der Waals surface area contributed by atoms with E-state index in [0.717, 1.165) is 10.6 Å². The van der Waals surface area contributed by atoms with Crippen LogP contribution in [0.1, 0.15) is 16.9 Å². The van der Waals surface area contributed by atoms with Gasteiger partial charge in [0.2, 0.25) is 0 Å². The summed E-state index contributed by atoms with van der Waals surface area (Å²) in [6, 6.07) is 9.33. The van der Waals surface area contributed by atoms with Crippen molar-refractivity contribution in [3.05, 3.63) is 99.1 Å². The Balaban J connectivity index is 1.93. The van der Waals surface area contributed by atoms with E-state index in [9.17, 15) is 4.79 Å². The van der Waals surface area contributed by atoms with Crippen LogP contribution in [0.15, 0.2) is 76.0 Å². The zero-order chi connectivity index (χ0) is 18.1. The molecule has 0 fully saturated rings. The number of rotatable bonds is 6. The Labute approximate surface area is 152 Å². The molecular formula is C21H19ClO3. The van der Waals surface area contributed by atoms with Crippen molar-refractivity contribution in [2.75, 3.05) is 7.11 Å². The number of allylic oxidation sites excluding steroid dienone is 6. The molecule has 0 saturated heterocycles. The van der Waals surface area contributed by atoms with Gasteiger partial charge in [-0.25, -0.2) is 4.79 Å². The third-order valence-corrected chi connectivity index (χ3v) is 3.72. The highest BCUT2D eigenvalue weighted by atomic mass is 35.5. The zero-order valence-electron chi connectivity index (χ0n) is 14.1. The Hall–Kier alpha value is -2.78. The van der Waals surface area contributed by atoms with Crippen LogP contribution < -0.4 is 10.4 Å². The standard InChI is InChI=1S/C21H19ClO3/c1-16-20(24-2)15-18(25-21(16)23)13-8-6-4-3-5-7-11-17-12-9-10-14-19(17)22/h3-15H,1-2H3. The molecule has 25 heavy (non-hydrogen) atoms. The molecule has 0 amide bonds. The predicted octanol–water partition coefficient (Wildman–Crippen LogP) is 5.45. The van der Waals surface area contributed by atoms with E-state index in [2.05, 4.69) is 0 Å². The van der Waals surface area contributed by atoms with Crippen LogP contribution in [0, 0.1) is 6.92 Å². The lowest BCUT2D eigenvalue weighted by molar-refractivity contribution is 0.395. The van der Waals surface area contributed by atoms with E-state index >= 15 is 0 Å². The first-order chi connectivity index (χ1) is 12.1. The van der Waals surface area contributed by atoms with Gasteiger partial charge in [-0.15, -0.1) is 0 Å². The molecule has 0 spiro atoms. The van der Waals surface area contributed by atoms with Crippen LogP contribution >= 0.6 is 11.6 Å². The van der Waals surface area contributed by atoms with Crippen molar-refractivity contribution in [2.45, 2.75) is 6.92 Å². The van der Waals surface area contributed by atoms with Crippen molar-refractivity contribution in [3.63, 3.8) is 0 Å². The van der Waals surface area contributed by atoms with Gasteiger partial charge in [-0.3, -0.25) is 0 Å². The Kier molecular flexibility index (Phi) is 7.05. The summed E-state index contributed by atoms with van der Waals surface area (Å²) in [6.07, 6.45) is 14.9. The van der Waals surface area contributed by atoms with Crippen LogP contribution in [0.3, 0.4) is 0 Å². The normalized spacial score (nSPS) is 12.1. The Morgan fingerprint density at radius 3 is 2.32 bits per heavy atom. The second-order valence-electron chi connectivity index (χ2n) is 5.14. The van der Waals surface area contributed by atoms with E-state index in [1.54, 1.807) is 25.1 Å². The molecule has 1 heterocycles. The maximum Gasteiger partial charge on any atom is 0.342 e. The summed E-state index contributed by atoms with van der Waals surface area (Å²) in [7, 11) is 1.52. The van der Waals surface area contributed by atoms with Gasteiger partial charge in [-0.05, 0) is 24.6 Å². The van der Waals surface area contributed by atoms with Crippen LogP contribution in [0.4, 0.5) is 0 Å². The molecule has 0 aliphatic rings. The van der Waals surface area contributed by atoms with Gasteiger partial charge in [0.25, 0.3) is 0 Å². The van der Waals surface area contributed by atoms with E-state index in [0.29, 0.717) is 17.1 Å². The molecule has 0 aliphatic carbocycles. The van der Waals surface area contributed by atoms with Crippen LogP contribution in [0.2, 0.25) is 5.02 Å². The summed E-state index contributed by atoms with van der Waals surface area (Å²) in [5.41, 5.74) is 1.04. The lowest BCUT2D eigenvalue weighted by Crippen LogP contribution is -2.05. The van der Waals surface area contributed by atoms with Crippen LogP contribution in [0.25, 0.3) is 12.2 Å². The van der Waals surface area contributed by atoms with Gasteiger partial charge in [-0.1, -0.05) is 72.3 Å². The molecule has 1 aromatic carbocycles. The minimum absolute atomic E-state index is 0.396. The fourth-order valence-electron chi connectivity index (χ4n) is 2.02. The highest BCUT2D eigenvalue weighted by molar-refractivity contribution is 6.32. The van der Waals surface area contributed by atoms with Crippen molar-refractivity contribution >= 4 is 23.8 Å². The molecule has 128 valence electrons. The number of halogens is 1. The second-order valence-corrected chi connectivity index (χ2v) is 5.55. The first kappa shape index (κ1) is 18.6. The van der Waals surface area contributed by atoms with Crippen molar-refractivity contribution in [2.24, 2.45) is 0 Å². The molecule has 1 aromatic heterocycles. The summed E-state index contributed by atoms with van der Waals surface area (Å²) in [6.45, 7) is 1.67. The molecule has 0 unspecified atom stereocenters. The summed E-state index contributed by atoms with van der Waals surface area (Å²) in [5, 5.41) is 0.723. The third-order valence-electron chi connectivity index (χ3n) is 3.38. The zero-order valence-corrected chi connectivity index (χ0v) is 14.9. The molecule has 0 aliphatic heterocycles. The lowest BCUT2D eigenvalue weighted by Gasteiger charge is -2.02. The smallest absolute Gasteiger partial charge is 0.342 e. The molecule has 2 aromatic rings. The molecule has 0 bridgehead atoms. The first-order valence-electron chi connectivity index (χ1n) is 7.73. The molecule has 3 nitrogen and oxygen atoms in total. The van der Waals surface area contributed by atoms with Gasteiger partial charge in [0.15, 0.2) is 0 Å². The largest absolute Gasteiger partial charge is 0.496 e. The Morgan fingerprint density at radius 2 is 1.64 bits per heavy atom. The highest BCUT2D eigenvalue weighted by Gasteiger charge is 2.05. The van der Waals surface area contributed by atoms with Crippen LogP contribution in [-0.2, 0) is 0 Å². The van der Waals surface area contributed by atoms with Crippen molar-refractivity contribution in [1.29, 1.82) is 0 Å². The first-order valence-corrected chi connectivity index (χ1v) is 8.11. The Bertz CT molecular complexity index is 886. The fraction of sp³-hybridized carbons (Fsp3) is 0.0952. The van der Waals surface area contributed by atoms with Gasteiger partial charge in [-0.2, -0.15) is 0 Å². The summed E-state index contributed by atoms with van der Waals surface area (Å²) < 4.78 is 10.3. The average Bonchev–Trinajstić information content (AvgIpc) is 2.61. The maximum absolute atomic E-state index is 11.6. The molecule has 4 heteroatoms. The van der Waals surface area contributed by atoms with Crippen molar-refractivity contribution < 1.29 is 9.15 Å². The topological polar surface area (TPSA) is 39.4 Å². The van der Waals surface area contributed by atoms with Gasteiger partial charge >= 0.3 is 5.63 Å². The minimum atomic E-state index is -0.396. The van der Waals surface area contributed by atoms with E-state index in [1.807, 2.05) is 60.7 Å². The third kappa shape index (κ3) is 5.66. The summed E-state index contributed by atoms with van der Waals surface area (Å²) in [5.74, 6) is 0.962. The van der Waals surface area contributed by atoms with E-state index in [4.69, 9.17) is 20.8 Å². The van der Waals surface area contributed by atoms with Crippen molar-refractivity contribution in [3.8, 4) is 5.75 Å². The SMILES string of the molecule is COc1cc(C=CC=CC=CC=Cc2ccccc2Cl)oc(=O)c1C. The summed E-state index contributed by atoms with van der Waals surface area (Å²) >= 11 is 6.07. The summed E-state index contributed by atoms with van der Waals surface area (Å²) in [4.78, 5) is 11.6. The fourth-order valence-corrected chi connectivity index (χ4v) is 2.22. The predicted molar refractivity (Wildman–Crippen MR) is 104 cm³/mol. The highest BCUT2D eigenvalue weighted by Crippen LogP contribution is 2.17. The number of hydrogen-bond donors (Lipinski definition) is 0. The van der Waals surface area contributed by atoms with Crippen LogP contribution in [0.5, 0.6) is 5.75 Å². The van der Waals surface area contributed by atoms with Gasteiger partial charge < -0.3 is 9.15 Å². The van der Waals surface area contributed by atoms with Crippen LogP contribution in [-0.4, -0.2) is 7.11 Å². The van der Waals surface area contributed by atoms with Crippen molar-refractivity contribution in [1.82, 2.24) is 0 Å². The average molecular weight is 355 g/mol. The molecule has 0 saturated carbocycles. The number of benzene rings is 1. The quantitative estimate of drug-likeness (QED) is 0.647. The monoisotopic (exact) mass is 354 g/mol. The molecular weight excluding hydrogens is 336 g/mol. The van der Waals surface area contributed by atoms with Gasteiger partial charge in [0, 0.05) is 11.1 Å². The van der Waals surface area contributed by atoms with E-state index < -0.39 is 5.63 Å². The molecule has 0 atom stereocenters. The number of ether oxygens (including phenoxy) is 1. The number of methoxy groups -OCH3 is 1. The molecule has 2 rings (SSSR count). The van der Waals surface area contributed by atoms with E-state index in [-0.39, 0.29) is 0 Å². The van der Waals surface area contributed by atoms with Gasteiger partial charge in [0.05, 0.1) is 12.7 Å². The molecule has 0 N–H and O–H groups in total. The van der Waals surface area contributed by atoms with Gasteiger partial charge in [0.1, 0.15) is 11.5 Å². The number of hydrogen-bond acceptors (Lipinski definition) is 3. The Morgan fingerprint density at radius 1 is 1.00 bits per heavy atom. The lowest BCUT2D eigenvalue weighted by atomic mass is 10.2. The second kappa shape index (κ2) is 9.50. The maximum atomic E-state index is 11.6.